The van der Waals surface area contributed by atoms with E-state index in [1.807, 2.05) is 0 Å². The normalized spacial score (nSPS) is 12.1. The highest BCUT2D eigenvalue weighted by atomic mass is 16.3. The van der Waals surface area contributed by atoms with Crippen molar-refractivity contribution in [2.75, 3.05) is 12.3 Å². The lowest BCUT2D eigenvalue weighted by atomic mass is 10.1. The maximum Gasteiger partial charge on any atom is 0.287 e. The third kappa shape index (κ3) is 3.14. The smallest absolute Gasteiger partial charge is 0.287 e. The van der Waals surface area contributed by atoms with Gasteiger partial charge in [0.1, 0.15) is 0 Å². The van der Waals surface area contributed by atoms with Crippen molar-refractivity contribution in [1.29, 1.82) is 0 Å². The number of nitrogens with one attached hydrogen (secondary N) is 1. The summed E-state index contributed by atoms with van der Waals surface area (Å²) in [4.78, 5) is 11.8. The van der Waals surface area contributed by atoms with Crippen molar-refractivity contribution in [2.45, 2.75) is 13.0 Å². The van der Waals surface area contributed by atoms with Gasteiger partial charge in [-0.25, -0.2) is 0 Å². The molecular weight excluding hydrogens is 244 g/mol. The average molecular weight is 260 g/mol. The van der Waals surface area contributed by atoms with Gasteiger partial charge in [0.2, 0.25) is 0 Å². The predicted molar refractivity (Wildman–Crippen MR) is 71.6 cm³/mol. The van der Waals surface area contributed by atoms with E-state index in [0.29, 0.717) is 11.3 Å². The number of aliphatic hydroxyl groups excluding tert-OH is 1. The number of carbonyl (C=O) groups is 1. The SMILES string of the molecule is Cc1ccoc1C(=O)NCC(O)c1ccc(N)cc1. The Morgan fingerprint density at radius 2 is 2.05 bits per heavy atom. The summed E-state index contributed by atoms with van der Waals surface area (Å²) >= 11 is 0. The average Bonchev–Trinajstić information content (AvgIpc) is 2.83. The third-order valence-corrected chi connectivity index (χ3v) is 2.85. The van der Waals surface area contributed by atoms with Gasteiger partial charge in [0.25, 0.3) is 5.91 Å². The molecule has 5 nitrogen and oxygen atoms in total. The van der Waals surface area contributed by atoms with Crippen LogP contribution < -0.4 is 11.1 Å². The lowest BCUT2D eigenvalue weighted by Crippen LogP contribution is -2.28. The van der Waals surface area contributed by atoms with Crippen LogP contribution in [0.2, 0.25) is 0 Å². The van der Waals surface area contributed by atoms with Gasteiger partial charge < -0.3 is 20.6 Å². The van der Waals surface area contributed by atoms with E-state index in [9.17, 15) is 9.90 Å². The van der Waals surface area contributed by atoms with Crippen LogP contribution in [0, 0.1) is 6.92 Å². The Morgan fingerprint density at radius 1 is 1.37 bits per heavy atom. The molecule has 0 aliphatic heterocycles. The molecule has 1 heterocycles. The first-order chi connectivity index (χ1) is 9.08. The zero-order valence-corrected chi connectivity index (χ0v) is 10.6. The van der Waals surface area contributed by atoms with Crippen LogP contribution in [0.4, 0.5) is 5.69 Å². The molecule has 4 N–H and O–H groups in total. The monoisotopic (exact) mass is 260 g/mol. The minimum atomic E-state index is -0.778. The number of aliphatic hydroxyl groups is 1. The van der Waals surface area contributed by atoms with Crippen LogP contribution in [0.25, 0.3) is 0 Å². The molecule has 1 amide bonds. The van der Waals surface area contributed by atoms with Crippen molar-refractivity contribution in [3.05, 3.63) is 53.5 Å². The van der Waals surface area contributed by atoms with Crippen LogP contribution in [0.1, 0.15) is 27.8 Å². The zero-order valence-electron chi connectivity index (χ0n) is 10.6. The standard InChI is InChI=1S/C14H16N2O3/c1-9-6-7-19-13(9)14(18)16-8-12(17)10-2-4-11(15)5-3-10/h2-7,12,17H,8,15H2,1H3,(H,16,18). The lowest BCUT2D eigenvalue weighted by Gasteiger charge is -2.12. The van der Waals surface area contributed by atoms with E-state index in [1.165, 1.54) is 6.26 Å². The Labute approximate surface area is 111 Å². The number of hydrogen-bond donors (Lipinski definition) is 3. The maximum atomic E-state index is 11.8. The first-order valence-electron chi connectivity index (χ1n) is 5.93. The molecule has 0 radical (unpaired) electrons. The number of anilines is 1. The number of benzene rings is 1. The quantitative estimate of drug-likeness (QED) is 0.729. The fourth-order valence-corrected chi connectivity index (χ4v) is 1.71. The molecule has 1 atom stereocenters. The van der Waals surface area contributed by atoms with Gasteiger partial charge in [0, 0.05) is 17.8 Å². The minimum Gasteiger partial charge on any atom is -0.459 e. The number of nitrogen functional groups attached to an aromatic ring is 1. The molecule has 1 unspecified atom stereocenters. The van der Waals surface area contributed by atoms with Gasteiger partial charge in [0.15, 0.2) is 5.76 Å². The molecule has 0 spiro atoms. The topological polar surface area (TPSA) is 88.5 Å². The van der Waals surface area contributed by atoms with Gasteiger partial charge in [0.05, 0.1) is 12.4 Å². The molecule has 2 rings (SSSR count). The number of amides is 1. The Morgan fingerprint density at radius 3 is 2.63 bits per heavy atom. The number of carbonyl (C=O) groups excluding carboxylic acids is 1. The summed E-state index contributed by atoms with van der Waals surface area (Å²) in [5, 5.41) is 12.6. The molecule has 1 aromatic carbocycles. The number of nitrogens with two attached hydrogens (primary N) is 1. The van der Waals surface area contributed by atoms with E-state index in [2.05, 4.69) is 5.32 Å². The maximum absolute atomic E-state index is 11.8. The summed E-state index contributed by atoms with van der Waals surface area (Å²) < 4.78 is 5.07. The first kappa shape index (κ1) is 13.2. The molecule has 0 aliphatic rings. The molecular formula is C14H16N2O3. The van der Waals surface area contributed by atoms with Crippen LogP contribution in [0.15, 0.2) is 41.0 Å². The van der Waals surface area contributed by atoms with Gasteiger partial charge >= 0.3 is 0 Å². The van der Waals surface area contributed by atoms with E-state index in [-0.39, 0.29) is 18.2 Å². The highest BCUT2D eigenvalue weighted by molar-refractivity contribution is 5.92. The first-order valence-corrected chi connectivity index (χ1v) is 5.93. The second-order valence-electron chi connectivity index (χ2n) is 4.33. The summed E-state index contributed by atoms with van der Waals surface area (Å²) in [6.07, 6.45) is 0.681. The Bertz CT molecular complexity index is 560. The van der Waals surface area contributed by atoms with Crippen molar-refractivity contribution < 1.29 is 14.3 Å². The number of furan rings is 1. The second-order valence-corrected chi connectivity index (χ2v) is 4.33. The third-order valence-electron chi connectivity index (χ3n) is 2.85. The van der Waals surface area contributed by atoms with Crippen molar-refractivity contribution >= 4 is 11.6 Å². The summed E-state index contributed by atoms with van der Waals surface area (Å²) in [5.41, 5.74) is 7.66. The fourth-order valence-electron chi connectivity index (χ4n) is 1.71. The molecule has 0 saturated heterocycles. The number of aryl methyl sites for hydroxylation is 1. The second kappa shape index (κ2) is 5.58. The Hall–Kier alpha value is -2.27. The van der Waals surface area contributed by atoms with Crippen LogP contribution in [-0.4, -0.2) is 17.6 Å². The van der Waals surface area contributed by atoms with E-state index in [1.54, 1.807) is 37.3 Å². The van der Waals surface area contributed by atoms with Crippen LogP contribution in [0.5, 0.6) is 0 Å². The lowest BCUT2D eigenvalue weighted by molar-refractivity contribution is 0.0888. The molecule has 0 aliphatic carbocycles. The van der Waals surface area contributed by atoms with Crippen LogP contribution >= 0.6 is 0 Å². The molecule has 5 heteroatoms. The molecule has 2 aromatic rings. The van der Waals surface area contributed by atoms with Crippen LogP contribution in [0.3, 0.4) is 0 Å². The van der Waals surface area contributed by atoms with Crippen molar-refractivity contribution in [1.82, 2.24) is 5.32 Å². The van der Waals surface area contributed by atoms with Crippen molar-refractivity contribution in [3.8, 4) is 0 Å². The Kier molecular flexibility index (Phi) is 3.87. The van der Waals surface area contributed by atoms with E-state index in [0.717, 1.165) is 5.56 Å². The van der Waals surface area contributed by atoms with Crippen molar-refractivity contribution in [2.24, 2.45) is 0 Å². The van der Waals surface area contributed by atoms with Gasteiger partial charge in [-0.3, -0.25) is 4.79 Å². The summed E-state index contributed by atoms with van der Waals surface area (Å²) in [6.45, 7) is 1.90. The van der Waals surface area contributed by atoms with Crippen molar-refractivity contribution in [3.63, 3.8) is 0 Å². The largest absolute Gasteiger partial charge is 0.459 e. The van der Waals surface area contributed by atoms with Gasteiger partial charge in [-0.1, -0.05) is 12.1 Å². The van der Waals surface area contributed by atoms with Gasteiger partial charge in [-0.15, -0.1) is 0 Å². The summed E-state index contributed by atoms with van der Waals surface area (Å²) in [5.74, 6) is -0.0681. The molecule has 1 aromatic heterocycles. The van der Waals surface area contributed by atoms with E-state index in [4.69, 9.17) is 10.2 Å². The highest BCUT2D eigenvalue weighted by Crippen LogP contribution is 2.14. The van der Waals surface area contributed by atoms with E-state index < -0.39 is 6.10 Å². The number of rotatable bonds is 4. The molecule has 0 fully saturated rings. The molecule has 0 bridgehead atoms. The predicted octanol–water partition coefficient (Wildman–Crippen LogP) is 1.63. The summed E-state index contributed by atoms with van der Waals surface area (Å²) in [6, 6.07) is 8.58. The van der Waals surface area contributed by atoms with Gasteiger partial charge in [-0.05, 0) is 30.7 Å². The molecule has 19 heavy (non-hydrogen) atoms. The summed E-state index contributed by atoms with van der Waals surface area (Å²) in [7, 11) is 0. The number of hydrogen-bond acceptors (Lipinski definition) is 4. The highest BCUT2D eigenvalue weighted by Gasteiger charge is 2.14. The van der Waals surface area contributed by atoms with E-state index >= 15 is 0 Å². The molecule has 0 saturated carbocycles. The Balaban J connectivity index is 1.94. The minimum absolute atomic E-state index is 0.114. The molecule has 100 valence electrons. The van der Waals surface area contributed by atoms with Gasteiger partial charge in [-0.2, -0.15) is 0 Å². The zero-order chi connectivity index (χ0) is 13.8. The van der Waals surface area contributed by atoms with Crippen LogP contribution in [-0.2, 0) is 0 Å². The fraction of sp³-hybridized carbons (Fsp3) is 0.214.